The molecule has 0 aromatic carbocycles. The highest BCUT2D eigenvalue weighted by Crippen LogP contribution is 2.29. The maximum Gasteiger partial charge on any atom is 0.221 e. The number of nitrogens with two attached hydrogens (primary N) is 2. The minimum atomic E-state index is -0.359. The first kappa shape index (κ1) is 14.2. The van der Waals surface area contributed by atoms with Gasteiger partial charge in [-0.3, -0.25) is 9.59 Å². The molecule has 2 atom stereocenters. The van der Waals surface area contributed by atoms with Crippen LogP contribution < -0.4 is 11.5 Å². The Morgan fingerprint density at radius 2 is 2.17 bits per heavy atom. The molecule has 0 saturated carbocycles. The van der Waals surface area contributed by atoms with Crippen LogP contribution in [0.3, 0.4) is 0 Å². The fourth-order valence-electron chi connectivity index (χ4n) is 2.19. The van der Waals surface area contributed by atoms with Gasteiger partial charge in [0.05, 0.1) is 0 Å². The zero-order valence-corrected chi connectivity index (χ0v) is 10.6. The molecule has 0 fully saturated rings. The summed E-state index contributed by atoms with van der Waals surface area (Å²) in [5.74, 6) is -0.307. The summed E-state index contributed by atoms with van der Waals surface area (Å²) in [6, 6.07) is 0. The number of carbonyl (C=O) groups is 2. The molecule has 0 aliphatic carbocycles. The third-order valence-electron chi connectivity index (χ3n) is 3.10. The Labute approximate surface area is 106 Å². The van der Waals surface area contributed by atoms with E-state index < -0.39 is 0 Å². The van der Waals surface area contributed by atoms with Crippen molar-refractivity contribution in [3.05, 3.63) is 18.2 Å². The van der Waals surface area contributed by atoms with Crippen molar-refractivity contribution in [3.8, 4) is 0 Å². The predicted octanol–water partition coefficient (Wildman–Crippen LogP) is 0.660. The minimum absolute atomic E-state index is 0.0367. The van der Waals surface area contributed by atoms with Crippen LogP contribution in [0.4, 0.5) is 0 Å². The van der Waals surface area contributed by atoms with Crippen LogP contribution in [0.2, 0.25) is 0 Å². The second-order valence-electron chi connectivity index (χ2n) is 4.36. The smallest absolute Gasteiger partial charge is 0.221 e. The van der Waals surface area contributed by atoms with Gasteiger partial charge in [0, 0.05) is 30.7 Å². The van der Waals surface area contributed by atoms with Crippen LogP contribution in [0.1, 0.15) is 44.3 Å². The summed E-state index contributed by atoms with van der Waals surface area (Å²) in [4.78, 5) is 29.4. The Balaban J connectivity index is 2.70. The molecule has 0 spiro atoms. The molecule has 1 rings (SSSR count). The van der Waals surface area contributed by atoms with Crippen LogP contribution in [0, 0.1) is 5.92 Å². The number of aromatic amines is 1. The summed E-state index contributed by atoms with van der Waals surface area (Å²) in [5.41, 5.74) is 10.5. The summed E-state index contributed by atoms with van der Waals surface area (Å²) < 4.78 is 0. The monoisotopic (exact) mass is 252 g/mol. The number of carbonyl (C=O) groups excluding carboxylic acids is 2. The number of hydrogen-bond acceptors (Lipinski definition) is 3. The van der Waals surface area contributed by atoms with Gasteiger partial charge in [0.2, 0.25) is 11.8 Å². The van der Waals surface area contributed by atoms with Crippen LogP contribution in [0.15, 0.2) is 12.4 Å². The number of amides is 2. The molecular formula is C12H20N4O2. The van der Waals surface area contributed by atoms with E-state index in [1.165, 1.54) is 0 Å². The standard InChI is InChI=1S/C12H20N4O2/c1-2-8(12-15-6-7-16-12)9(11(14)18)4-3-5-10(13)17/h6-9H,2-5H2,1H3,(H2,13,17)(H2,14,18)(H,15,16). The van der Waals surface area contributed by atoms with Crippen molar-refractivity contribution in [1.82, 2.24) is 9.97 Å². The molecule has 100 valence electrons. The SMILES string of the molecule is CCC(c1ncc[nH]1)C(CCCC(N)=O)C(N)=O. The molecule has 2 amide bonds. The lowest BCUT2D eigenvalue weighted by Crippen LogP contribution is -2.29. The van der Waals surface area contributed by atoms with E-state index in [1.54, 1.807) is 12.4 Å². The van der Waals surface area contributed by atoms with Crippen LogP contribution in [-0.2, 0) is 9.59 Å². The molecule has 0 radical (unpaired) electrons. The normalized spacial score (nSPS) is 14.1. The number of hydrogen-bond donors (Lipinski definition) is 3. The second-order valence-corrected chi connectivity index (χ2v) is 4.36. The number of imidazole rings is 1. The summed E-state index contributed by atoms with van der Waals surface area (Å²) >= 11 is 0. The van der Waals surface area contributed by atoms with Crippen molar-refractivity contribution >= 4 is 11.8 Å². The van der Waals surface area contributed by atoms with Crippen LogP contribution in [0.5, 0.6) is 0 Å². The highest BCUT2D eigenvalue weighted by Gasteiger charge is 2.27. The molecule has 0 aliphatic rings. The third-order valence-corrected chi connectivity index (χ3v) is 3.10. The van der Waals surface area contributed by atoms with E-state index in [2.05, 4.69) is 9.97 Å². The van der Waals surface area contributed by atoms with E-state index in [0.29, 0.717) is 12.8 Å². The van der Waals surface area contributed by atoms with Crippen LogP contribution in [-0.4, -0.2) is 21.8 Å². The van der Waals surface area contributed by atoms with Crippen molar-refractivity contribution < 1.29 is 9.59 Å². The van der Waals surface area contributed by atoms with Gasteiger partial charge in [0.25, 0.3) is 0 Å². The molecule has 5 N–H and O–H groups in total. The number of primary amides is 2. The summed E-state index contributed by atoms with van der Waals surface area (Å²) in [6.07, 6.45) is 5.53. The van der Waals surface area contributed by atoms with Gasteiger partial charge in [0.1, 0.15) is 5.82 Å². The average Bonchev–Trinajstić information content (AvgIpc) is 2.81. The van der Waals surface area contributed by atoms with Crippen molar-refractivity contribution in [2.24, 2.45) is 17.4 Å². The molecule has 0 saturated heterocycles. The van der Waals surface area contributed by atoms with E-state index in [4.69, 9.17) is 11.5 Å². The number of H-pyrrole nitrogens is 1. The number of nitrogens with zero attached hydrogens (tertiary/aromatic N) is 1. The highest BCUT2D eigenvalue weighted by atomic mass is 16.1. The van der Waals surface area contributed by atoms with Crippen molar-refractivity contribution in [3.63, 3.8) is 0 Å². The maximum atomic E-state index is 11.5. The fraction of sp³-hybridized carbons (Fsp3) is 0.583. The van der Waals surface area contributed by atoms with E-state index in [9.17, 15) is 9.59 Å². The lowest BCUT2D eigenvalue weighted by atomic mass is 9.85. The van der Waals surface area contributed by atoms with E-state index in [1.807, 2.05) is 6.92 Å². The number of rotatable bonds is 8. The lowest BCUT2D eigenvalue weighted by Gasteiger charge is -2.21. The first-order valence-electron chi connectivity index (χ1n) is 6.13. The quantitative estimate of drug-likeness (QED) is 0.631. The number of nitrogens with one attached hydrogen (secondary N) is 1. The lowest BCUT2D eigenvalue weighted by molar-refractivity contribution is -0.123. The topological polar surface area (TPSA) is 115 Å². The first-order valence-corrected chi connectivity index (χ1v) is 6.13. The number of aromatic nitrogens is 2. The van der Waals surface area contributed by atoms with E-state index >= 15 is 0 Å². The third kappa shape index (κ3) is 3.87. The van der Waals surface area contributed by atoms with Gasteiger partial charge in [0.15, 0.2) is 0 Å². The zero-order chi connectivity index (χ0) is 13.5. The van der Waals surface area contributed by atoms with Gasteiger partial charge in [-0.1, -0.05) is 6.92 Å². The molecule has 0 aliphatic heterocycles. The molecule has 0 bridgehead atoms. The van der Waals surface area contributed by atoms with Crippen LogP contribution in [0.25, 0.3) is 0 Å². The molecule has 1 heterocycles. The molecule has 18 heavy (non-hydrogen) atoms. The Morgan fingerprint density at radius 3 is 2.61 bits per heavy atom. The second kappa shape index (κ2) is 6.78. The largest absolute Gasteiger partial charge is 0.370 e. The van der Waals surface area contributed by atoms with Gasteiger partial charge in [-0.2, -0.15) is 0 Å². The van der Waals surface area contributed by atoms with Gasteiger partial charge in [-0.15, -0.1) is 0 Å². The average molecular weight is 252 g/mol. The Bertz CT molecular complexity index is 389. The van der Waals surface area contributed by atoms with Crippen LogP contribution >= 0.6 is 0 Å². The van der Waals surface area contributed by atoms with E-state index in [-0.39, 0.29) is 30.1 Å². The molecule has 1 aromatic rings. The van der Waals surface area contributed by atoms with Gasteiger partial charge < -0.3 is 16.5 Å². The Hall–Kier alpha value is -1.85. The van der Waals surface area contributed by atoms with Gasteiger partial charge in [-0.05, 0) is 19.3 Å². The van der Waals surface area contributed by atoms with E-state index in [0.717, 1.165) is 12.2 Å². The first-order chi connectivity index (χ1) is 8.56. The van der Waals surface area contributed by atoms with Crippen molar-refractivity contribution in [2.45, 2.75) is 38.5 Å². The fourth-order valence-corrected chi connectivity index (χ4v) is 2.19. The maximum absolute atomic E-state index is 11.5. The minimum Gasteiger partial charge on any atom is -0.370 e. The summed E-state index contributed by atoms with van der Waals surface area (Å²) in [7, 11) is 0. The Kier molecular flexibility index (Phi) is 5.35. The van der Waals surface area contributed by atoms with Crippen molar-refractivity contribution in [2.75, 3.05) is 0 Å². The molecule has 6 heteroatoms. The molecule has 1 aromatic heterocycles. The zero-order valence-electron chi connectivity index (χ0n) is 10.6. The molecule has 6 nitrogen and oxygen atoms in total. The molecular weight excluding hydrogens is 232 g/mol. The van der Waals surface area contributed by atoms with Crippen molar-refractivity contribution in [1.29, 1.82) is 0 Å². The summed E-state index contributed by atoms with van der Waals surface area (Å²) in [6.45, 7) is 1.98. The highest BCUT2D eigenvalue weighted by molar-refractivity contribution is 5.78. The van der Waals surface area contributed by atoms with Gasteiger partial charge >= 0.3 is 0 Å². The predicted molar refractivity (Wildman–Crippen MR) is 67.3 cm³/mol. The Morgan fingerprint density at radius 1 is 1.44 bits per heavy atom. The molecule has 2 unspecified atom stereocenters. The van der Waals surface area contributed by atoms with Gasteiger partial charge in [-0.25, -0.2) is 4.98 Å². The summed E-state index contributed by atoms with van der Waals surface area (Å²) in [5, 5.41) is 0.